The summed E-state index contributed by atoms with van der Waals surface area (Å²) in [6, 6.07) is 15.0. The fraction of sp³-hybridized carbons (Fsp3) is 0.235. The van der Waals surface area contributed by atoms with Gasteiger partial charge >= 0.3 is 0 Å². The van der Waals surface area contributed by atoms with Gasteiger partial charge in [-0.15, -0.1) is 0 Å². The van der Waals surface area contributed by atoms with Gasteiger partial charge in [0.2, 0.25) is 5.91 Å². The molecule has 4 heteroatoms. The van der Waals surface area contributed by atoms with Gasteiger partial charge in [0.25, 0.3) is 0 Å². The first-order valence-electron chi connectivity index (χ1n) is 7.10. The lowest BCUT2D eigenvalue weighted by Crippen LogP contribution is -2.37. The summed E-state index contributed by atoms with van der Waals surface area (Å²) in [5.41, 5.74) is 3.29. The summed E-state index contributed by atoms with van der Waals surface area (Å²) in [6.07, 6.45) is 0.768. The highest BCUT2D eigenvalue weighted by molar-refractivity contribution is 5.80. The Balaban J connectivity index is 1.58. The molecule has 108 valence electrons. The van der Waals surface area contributed by atoms with Crippen LogP contribution in [0.1, 0.15) is 11.1 Å². The van der Waals surface area contributed by atoms with Gasteiger partial charge in [-0.1, -0.05) is 30.3 Å². The molecular weight excluding hydrogens is 264 g/mol. The molecule has 3 rings (SSSR count). The normalized spacial score (nSPS) is 16.7. The maximum absolute atomic E-state index is 12.2. The van der Waals surface area contributed by atoms with E-state index in [1.165, 1.54) is 5.56 Å². The summed E-state index contributed by atoms with van der Waals surface area (Å²) in [6.45, 7) is 1.15. The first-order chi connectivity index (χ1) is 10.2. The van der Waals surface area contributed by atoms with Gasteiger partial charge < -0.3 is 15.7 Å². The lowest BCUT2D eigenvalue weighted by molar-refractivity contribution is -0.124. The third-order valence-electron chi connectivity index (χ3n) is 3.80. The van der Waals surface area contributed by atoms with Crippen molar-refractivity contribution < 1.29 is 9.90 Å². The predicted molar refractivity (Wildman–Crippen MR) is 82.1 cm³/mol. The van der Waals surface area contributed by atoms with Crippen LogP contribution in [-0.2, 0) is 17.8 Å². The molecule has 1 amide bonds. The molecule has 0 aliphatic carbocycles. The lowest BCUT2D eigenvalue weighted by Gasteiger charge is -2.25. The molecule has 1 aliphatic rings. The van der Waals surface area contributed by atoms with E-state index in [-0.39, 0.29) is 17.6 Å². The summed E-state index contributed by atoms with van der Waals surface area (Å²) < 4.78 is 0. The highest BCUT2D eigenvalue weighted by Gasteiger charge is 2.23. The van der Waals surface area contributed by atoms with Crippen molar-refractivity contribution in [3.63, 3.8) is 0 Å². The molecule has 0 bridgehead atoms. The second-order valence-corrected chi connectivity index (χ2v) is 5.32. The van der Waals surface area contributed by atoms with E-state index < -0.39 is 0 Å². The summed E-state index contributed by atoms with van der Waals surface area (Å²) in [4.78, 5) is 12.2. The monoisotopic (exact) mass is 282 g/mol. The van der Waals surface area contributed by atoms with Crippen LogP contribution in [0.4, 0.5) is 5.69 Å². The van der Waals surface area contributed by atoms with E-state index >= 15 is 0 Å². The maximum Gasteiger partial charge on any atom is 0.225 e. The molecule has 0 saturated carbocycles. The van der Waals surface area contributed by atoms with Crippen molar-refractivity contribution in [2.24, 2.45) is 5.92 Å². The number of hydrogen-bond donors (Lipinski definition) is 3. The van der Waals surface area contributed by atoms with Gasteiger partial charge in [-0.05, 0) is 35.7 Å². The summed E-state index contributed by atoms with van der Waals surface area (Å²) in [5.74, 6) is 0.250. The second-order valence-electron chi connectivity index (χ2n) is 5.32. The molecule has 1 heterocycles. The van der Waals surface area contributed by atoms with Crippen molar-refractivity contribution in [2.75, 3.05) is 11.9 Å². The van der Waals surface area contributed by atoms with Crippen LogP contribution in [0.2, 0.25) is 0 Å². The largest absolute Gasteiger partial charge is 0.508 e. The van der Waals surface area contributed by atoms with Crippen LogP contribution in [0, 0.1) is 5.92 Å². The number of fused-ring (bicyclic) bond motifs is 1. The summed E-state index contributed by atoms with van der Waals surface area (Å²) >= 11 is 0. The molecule has 2 aromatic rings. The third-order valence-corrected chi connectivity index (χ3v) is 3.80. The molecule has 3 N–H and O–H groups in total. The lowest BCUT2D eigenvalue weighted by atomic mass is 9.93. The molecule has 4 nitrogen and oxygen atoms in total. The highest BCUT2D eigenvalue weighted by atomic mass is 16.3. The van der Waals surface area contributed by atoms with Crippen LogP contribution in [0.3, 0.4) is 0 Å². The molecule has 1 unspecified atom stereocenters. The average molecular weight is 282 g/mol. The molecule has 1 aliphatic heterocycles. The fourth-order valence-corrected chi connectivity index (χ4v) is 2.57. The number of carbonyl (C=O) groups is 1. The van der Waals surface area contributed by atoms with E-state index in [1.54, 1.807) is 12.1 Å². The number of benzene rings is 2. The Kier molecular flexibility index (Phi) is 3.77. The van der Waals surface area contributed by atoms with E-state index in [0.717, 1.165) is 17.7 Å². The number of phenols is 1. The molecule has 1 atom stereocenters. The van der Waals surface area contributed by atoms with Crippen molar-refractivity contribution in [1.82, 2.24) is 5.32 Å². The highest BCUT2D eigenvalue weighted by Crippen LogP contribution is 2.24. The number of para-hydroxylation sites is 1. The zero-order chi connectivity index (χ0) is 14.7. The van der Waals surface area contributed by atoms with Gasteiger partial charge in [0.15, 0.2) is 0 Å². The minimum atomic E-state index is -0.0444. The first-order valence-corrected chi connectivity index (χ1v) is 7.10. The van der Waals surface area contributed by atoms with Crippen LogP contribution in [0.15, 0.2) is 48.5 Å². The van der Waals surface area contributed by atoms with E-state index in [9.17, 15) is 9.90 Å². The third kappa shape index (κ3) is 3.16. The van der Waals surface area contributed by atoms with E-state index in [2.05, 4.69) is 16.7 Å². The first kappa shape index (κ1) is 13.5. The molecule has 0 fully saturated rings. The Bertz CT molecular complexity index is 637. The molecule has 0 spiro atoms. The SMILES string of the molecule is O=C(NCc1ccc(O)cc1)C1CNc2ccccc2C1. The van der Waals surface area contributed by atoms with Crippen LogP contribution in [0.5, 0.6) is 5.75 Å². The van der Waals surface area contributed by atoms with Crippen LogP contribution in [0.25, 0.3) is 0 Å². The number of phenolic OH excluding ortho intramolecular Hbond substituents is 1. The number of aromatic hydroxyl groups is 1. The molecular formula is C17H18N2O2. The zero-order valence-corrected chi connectivity index (χ0v) is 11.7. The van der Waals surface area contributed by atoms with Crippen molar-refractivity contribution in [3.8, 4) is 5.75 Å². The maximum atomic E-state index is 12.2. The standard InChI is InChI=1S/C17H18N2O2/c20-15-7-5-12(6-8-15)10-19-17(21)14-9-13-3-1-2-4-16(13)18-11-14/h1-8,14,18,20H,9-11H2,(H,19,21). The Morgan fingerprint density at radius 2 is 1.95 bits per heavy atom. The number of hydrogen-bond acceptors (Lipinski definition) is 3. The molecule has 0 aromatic heterocycles. The molecule has 0 radical (unpaired) electrons. The Labute approximate surface area is 123 Å². The number of rotatable bonds is 3. The molecule has 2 aromatic carbocycles. The summed E-state index contributed by atoms with van der Waals surface area (Å²) in [5, 5.41) is 15.5. The topological polar surface area (TPSA) is 61.4 Å². The zero-order valence-electron chi connectivity index (χ0n) is 11.7. The molecule has 21 heavy (non-hydrogen) atoms. The van der Waals surface area contributed by atoms with Gasteiger partial charge in [0.05, 0.1) is 5.92 Å². The number of carbonyl (C=O) groups excluding carboxylic acids is 1. The fourth-order valence-electron chi connectivity index (χ4n) is 2.57. The van der Waals surface area contributed by atoms with Gasteiger partial charge in [-0.25, -0.2) is 0 Å². The Hall–Kier alpha value is -2.49. The van der Waals surface area contributed by atoms with E-state index in [0.29, 0.717) is 13.1 Å². The van der Waals surface area contributed by atoms with Gasteiger partial charge in [-0.2, -0.15) is 0 Å². The van der Waals surface area contributed by atoms with Crippen molar-refractivity contribution in [2.45, 2.75) is 13.0 Å². The predicted octanol–water partition coefficient (Wildman–Crippen LogP) is 2.29. The number of amides is 1. The van der Waals surface area contributed by atoms with Crippen LogP contribution >= 0.6 is 0 Å². The Morgan fingerprint density at radius 1 is 1.19 bits per heavy atom. The number of anilines is 1. The average Bonchev–Trinajstić information content (AvgIpc) is 2.53. The minimum absolute atomic E-state index is 0.0444. The summed E-state index contributed by atoms with van der Waals surface area (Å²) in [7, 11) is 0. The minimum Gasteiger partial charge on any atom is -0.508 e. The van der Waals surface area contributed by atoms with Gasteiger partial charge in [0, 0.05) is 18.8 Å². The number of nitrogens with one attached hydrogen (secondary N) is 2. The second kappa shape index (κ2) is 5.87. The van der Waals surface area contributed by atoms with Gasteiger partial charge in [-0.3, -0.25) is 4.79 Å². The van der Waals surface area contributed by atoms with Crippen molar-refractivity contribution >= 4 is 11.6 Å². The van der Waals surface area contributed by atoms with E-state index in [4.69, 9.17) is 0 Å². The van der Waals surface area contributed by atoms with Crippen molar-refractivity contribution in [3.05, 3.63) is 59.7 Å². The van der Waals surface area contributed by atoms with Crippen LogP contribution in [-0.4, -0.2) is 17.6 Å². The smallest absolute Gasteiger partial charge is 0.225 e. The molecule has 0 saturated heterocycles. The van der Waals surface area contributed by atoms with Gasteiger partial charge in [0.1, 0.15) is 5.75 Å². The van der Waals surface area contributed by atoms with Crippen LogP contribution < -0.4 is 10.6 Å². The Morgan fingerprint density at radius 3 is 2.76 bits per heavy atom. The quantitative estimate of drug-likeness (QED) is 0.809. The van der Waals surface area contributed by atoms with E-state index in [1.807, 2.05) is 30.3 Å². The van der Waals surface area contributed by atoms with Crippen molar-refractivity contribution in [1.29, 1.82) is 0 Å².